The minimum Gasteiger partial charge on any atom is -0.481 e. The highest BCUT2D eigenvalue weighted by Crippen LogP contribution is 2.30. The lowest BCUT2D eigenvalue weighted by Gasteiger charge is -2.27. The lowest BCUT2D eigenvalue weighted by molar-refractivity contribution is -0.136. The van der Waals surface area contributed by atoms with Crippen LogP contribution in [0.3, 0.4) is 0 Å². The van der Waals surface area contributed by atoms with Crippen molar-refractivity contribution in [2.24, 2.45) is 5.73 Å². The molecule has 7 nitrogen and oxygen atoms in total. The van der Waals surface area contributed by atoms with E-state index in [-0.39, 0.29) is 6.42 Å². The third kappa shape index (κ3) is 4.06. The van der Waals surface area contributed by atoms with Gasteiger partial charge in [0.15, 0.2) is 0 Å². The Morgan fingerprint density at radius 3 is 2.74 bits per heavy atom. The zero-order valence-electron chi connectivity index (χ0n) is 17.3. The molecular formula is C24H27N5O2. The average molecular weight is 418 g/mol. The molecular weight excluding hydrogens is 390 g/mol. The van der Waals surface area contributed by atoms with Crippen LogP contribution in [0.1, 0.15) is 36.8 Å². The van der Waals surface area contributed by atoms with E-state index in [9.17, 15) is 4.79 Å². The lowest BCUT2D eigenvalue weighted by atomic mass is 9.91. The van der Waals surface area contributed by atoms with Crippen LogP contribution in [-0.2, 0) is 17.8 Å². The molecule has 2 aromatic carbocycles. The van der Waals surface area contributed by atoms with Gasteiger partial charge in [0.1, 0.15) is 5.69 Å². The van der Waals surface area contributed by atoms with Gasteiger partial charge in [-0.3, -0.25) is 9.89 Å². The van der Waals surface area contributed by atoms with Crippen molar-refractivity contribution in [2.45, 2.75) is 50.7 Å². The normalized spacial score (nSPS) is 19.3. The van der Waals surface area contributed by atoms with E-state index in [4.69, 9.17) is 10.8 Å². The van der Waals surface area contributed by atoms with Crippen molar-refractivity contribution in [3.05, 3.63) is 53.6 Å². The number of aliphatic carboxylic acids is 1. The Morgan fingerprint density at radius 2 is 1.94 bits per heavy atom. The van der Waals surface area contributed by atoms with Gasteiger partial charge in [0.05, 0.1) is 17.6 Å². The van der Waals surface area contributed by atoms with Crippen LogP contribution in [0.2, 0.25) is 0 Å². The number of hydrogen-bond donors (Lipinski definition) is 5. The number of carboxylic acid groups (broad SMARTS) is 1. The fraction of sp³-hybridized carbons (Fsp3) is 0.333. The van der Waals surface area contributed by atoms with Gasteiger partial charge in [-0.25, -0.2) is 0 Å². The minimum atomic E-state index is -0.841. The van der Waals surface area contributed by atoms with Crippen LogP contribution in [0.15, 0.2) is 42.5 Å². The molecule has 0 radical (unpaired) electrons. The van der Waals surface area contributed by atoms with Crippen molar-refractivity contribution >= 4 is 27.8 Å². The summed E-state index contributed by atoms with van der Waals surface area (Å²) in [5.74, 6) is -0.841. The Kier molecular flexibility index (Phi) is 5.21. The lowest BCUT2D eigenvalue weighted by Crippen LogP contribution is -2.37. The molecule has 2 aromatic heterocycles. The number of nitrogens with zero attached hydrogens (tertiary/aromatic N) is 1. The molecule has 6 N–H and O–H groups in total. The highest BCUT2D eigenvalue weighted by atomic mass is 16.4. The van der Waals surface area contributed by atoms with Gasteiger partial charge in [-0.15, -0.1) is 0 Å². The molecule has 31 heavy (non-hydrogen) atoms. The number of nitrogens with one attached hydrogen (secondary N) is 3. The van der Waals surface area contributed by atoms with Crippen molar-refractivity contribution in [2.75, 3.05) is 0 Å². The van der Waals surface area contributed by atoms with E-state index < -0.39 is 5.97 Å². The molecule has 160 valence electrons. The minimum absolute atomic E-state index is 0.0000281. The molecule has 4 aromatic rings. The highest BCUT2D eigenvalue weighted by Gasteiger charge is 2.18. The van der Waals surface area contributed by atoms with Gasteiger partial charge in [0.25, 0.3) is 0 Å². The van der Waals surface area contributed by atoms with E-state index in [1.807, 2.05) is 18.2 Å². The second kappa shape index (κ2) is 8.17. The Bertz CT molecular complexity index is 1230. The molecule has 1 fully saturated rings. The van der Waals surface area contributed by atoms with E-state index in [2.05, 4.69) is 44.8 Å². The molecule has 0 aliphatic heterocycles. The Hall–Kier alpha value is -3.16. The number of aromatic amines is 2. The molecule has 5 rings (SSSR count). The summed E-state index contributed by atoms with van der Waals surface area (Å²) in [7, 11) is 0. The first-order chi connectivity index (χ1) is 15.1. The van der Waals surface area contributed by atoms with Crippen molar-refractivity contribution in [1.82, 2.24) is 20.5 Å². The van der Waals surface area contributed by atoms with Gasteiger partial charge in [-0.2, -0.15) is 5.10 Å². The van der Waals surface area contributed by atoms with Crippen LogP contribution in [0.4, 0.5) is 0 Å². The van der Waals surface area contributed by atoms with Gasteiger partial charge in [-0.05, 0) is 55.0 Å². The Balaban J connectivity index is 1.41. The molecule has 2 heterocycles. The van der Waals surface area contributed by atoms with E-state index >= 15 is 0 Å². The molecule has 0 unspecified atom stereocenters. The van der Waals surface area contributed by atoms with E-state index in [0.717, 1.165) is 65.6 Å². The topological polar surface area (TPSA) is 120 Å². The van der Waals surface area contributed by atoms with E-state index in [1.54, 1.807) is 0 Å². The number of hydrogen-bond acceptors (Lipinski definition) is 4. The van der Waals surface area contributed by atoms with E-state index in [1.165, 1.54) is 10.9 Å². The number of fused-ring (bicyclic) bond motifs is 2. The summed E-state index contributed by atoms with van der Waals surface area (Å²) in [4.78, 5) is 14.5. The molecule has 7 heteroatoms. The van der Waals surface area contributed by atoms with Crippen molar-refractivity contribution in [3.63, 3.8) is 0 Å². The molecule has 1 saturated carbocycles. The van der Waals surface area contributed by atoms with Gasteiger partial charge in [0.2, 0.25) is 0 Å². The van der Waals surface area contributed by atoms with Crippen LogP contribution in [-0.4, -0.2) is 38.3 Å². The summed E-state index contributed by atoms with van der Waals surface area (Å²) in [6, 6.07) is 15.0. The maximum Gasteiger partial charge on any atom is 0.307 e. The van der Waals surface area contributed by atoms with Crippen LogP contribution >= 0.6 is 0 Å². The highest BCUT2D eigenvalue weighted by molar-refractivity contribution is 5.96. The average Bonchev–Trinajstić information content (AvgIpc) is 3.36. The second-order valence-electron chi connectivity index (χ2n) is 8.58. The quantitative estimate of drug-likeness (QED) is 0.328. The number of H-pyrrole nitrogens is 2. The maximum atomic E-state index is 11.0. The van der Waals surface area contributed by atoms with E-state index in [0.29, 0.717) is 12.1 Å². The monoisotopic (exact) mass is 417 g/mol. The first-order valence-electron chi connectivity index (χ1n) is 10.9. The maximum absolute atomic E-state index is 11.0. The van der Waals surface area contributed by atoms with Crippen LogP contribution < -0.4 is 11.1 Å². The molecule has 0 atom stereocenters. The Morgan fingerprint density at radius 1 is 1.10 bits per heavy atom. The molecule has 0 bridgehead atoms. The predicted octanol–water partition coefficient (Wildman–Crippen LogP) is 3.70. The van der Waals surface area contributed by atoms with Crippen LogP contribution in [0.5, 0.6) is 0 Å². The SMILES string of the molecule is NC1CCC(NCc2cccc3[nH]c(-c4n[nH]c5cc(CC(=O)O)ccc45)cc23)CC1. The van der Waals surface area contributed by atoms with Gasteiger partial charge in [0, 0.05) is 34.9 Å². The number of carbonyl (C=O) groups is 1. The molecule has 0 saturated heterocycles. The van der Waals surface area contributed by atoms with Crippen molar-refractivity contribution in [1.29, 1.82) is 0 Å². The number of nitrogens with two attached hydrogens (primary N) is 1. The standard InChI is InChI=1S/C24H27N5O2/c25-16-5-7-17(8-6-16)26-13-15-2-1-3-20-19(15)12-22(27-20)24-18-9-4-14(11-23(30)31)10-21(18)28-29-24/h1-4,9-10,12,16-17,26-27H,5-8,11,13,25H2,(H,28,29)(H,30,31). The number of rotatable bonds is 6. The first kappa shape index (κ1) is 19.8. The smallest absolute Gasteiger partial charge is 0.307 e. The third-order valence-corrected chi connectivity index (χ3v) is 6.35. The van der Waals surface area contributed by atoms with Crippen LogP contribution in [0.25, 0.3) is 33.2 Å². The number of carboxylic acids is 1. The van der Waals surface area contributed by atoms with Crippen molar-refractivity contribution < 1.29 is 9.90 Å². The first-order valence-corrected chi connectivity index (χ1v) is 10.9. The largest absolute Gasteiger partial charge is 0.481 e. The zero-order chi connectivity index (χ0) is 21.4. The van der Waals surface area contributed by atoms with Crippen LogP contribution in [0, 0.1) is 0 Å². The number of aromatic nitrogens is 3. The van der Waals surface area contributed by atoms with Gasteiger partial charge >= 0.3 is 5.97 Å². The predicted molar refractivity (Wildman–Crippen MR) is 122 cm³/mol. The fourth-order valence-electron chi connectivity index (χ4n) is 4.63. The summed E-state index contributed by atoms with van der Waals surface area (Å²) >= 11 is 0. The van der Waals surface area contributed by atoms with Crippen molar-refractivity contribution in [3.8, 4) is 11.4 Å². The summed E-state index contributed by atoms with van der Waals surface area (Å²) in [6.07, 6.45) is 4.46. The molecule has 1 aliphatic carbocycles. The zero-order valence-corrected chi connectivity index (χ0v) is 17.3. The molecule has 0 spiro atoms. The summed E-state index contributed by atoms with van der Waals surface area (Å²) < 4.78 is 0. The Labute approximate surface area is 180 Å². The fourth-order valence-corrected chi connectivity index (χ4v) is 4.63. The summed E-state index contributed by atoms with van der Waals surface area (Å²) in [5, 5.41) is 22.4. The number of benzene rings is 2. The second-order valence-corrected chi connectivity index (χ2v) is 8.58. The molecule has 1 aliphatic rings. The summed E-state index contributed by atoms with van der Waals surface area (Å²) in [5.41, 5.74) is 11.8. The third-order valence-electron chi connectivity index (χ3n) is 6.35. The van der Waals surface area contributed by atoms with Gasteiger partial charge < -0.3 is 21.1 Å². The van der Waals surface area contributed by atoms with Gasteiger partial charge in [-0.1, -0.05) is 24.3 Å². The molecule has 0 amide bonds. The summed E-state index contributed by atoms with van der Waals surface area (Å²) in [6.45, 7) is 0.828.